The van der Waals surface area contributed by atoms with E-state index < -0.39 is 34.7 Å². The first-order valence-electron chi connectivity index (χ1n) is 8.78. The zero-order valence-electron chi connectivity index (χ0n) is 15.5. The highest BCUT2D eigenvalue weighted by atomic mass is 19.4. The van der Waals surface area contributed by atoms with Gasteiger partial charge in [-0.3, -0.25) is 9.59 Å². The van der Waals surface area contributed by atoms with Crippen LogP contribution < -0.4 is 0 Å². The average molecular weight is 395 g/mol. The maximum absolute atomic E-state index is 13.8. The summed E-state index contributed by atoms with van der Waals surface area (Å²) in [5, 5.41) is 13.2. The number of alkyl halides is 3. The summed E-state index contributed by atoms with van der Waals surface area (Å²) < 4.78 is 42.1. The van der Waals surface area contributed by atoms with Gasteiger partial charge in [-0.15, -0.1) is 0 Å². The first kappa shape index (κ1) is 19.9. The molecule has 1 aromatic heterocycles. The lowest BCUT2D eigenvalue weighted by Crippen LogP contribution is -2.48. The largest absolute Gasteiger partial charge is 0.481 e. The second kappa shape index (κ2) is 6.96. The lowest BCUT2D eigenvalue weighted by Gasteiger charge is -2.37. The van der Waals surface area contributed by atoms with Crippen LogP contribution in [0.25, 0.3) is 5.69 Å². The van der Waals surface area contributed by atoms with E-state index in [2.05, 4.69) is 5.10 Å². The van der Waals surface area contributed by atoms with Crippen LogP contribution in [-0.2, 0) is 11.0 Å². The molecule has 2 aromatic rings. The molecular weight excluding hydrogens is 375 g/mol. The normalized spacial score (nSPS) is 20.2. The molecule has 9 heteroatoms. The van der Waals surface area contributed by atoms with Crippen molar-refractivity contribution in [3.63, 3.8) is 0 Å². The van der Waals surface area contributed by atoms with E-state index in [1.807, 2.05) is 0 Å². The predicted octanol–water partition coefficient (Wildman–Crippen LogP) is 3.53. The molecular formula is C19H20F3N3O3. The Morgan fingerprint density at radius 2 is 2.00 bits per heavy atom. The molecule has 6 nitrogen and oxygen atoms in total. The molecule has 1 N–H and O–H groups in total. The first-order valence-corrected chi connectivity index (χ1v) is 8.78. The number of likely N-dealkylation sites (tertiary alicyclic amines) is 1. The fraction of sp³-hybridized carbons (Fsp3) is 0.421. The maximum Gasteiger partial charge on any atom is 0.434 e. The summed E-state index contributed by atoms with van der Waals surface area (Å²) >= 11 is 0. The van der Waals surface area contributed by atoms with E-state index in [1.54, 1.807) is 25.1 Å². The maximum atomic E-state index is 13.8. The molecule has 0 radical (unpaired) electrons. The van der Waals surface area contributed by atoms with Crippen LogP contribution in [-0.4, -0.2) is 44.8 Å². The van der Waals surface area contributed by atoms with Crippen molar-refractivity contribution in [2.24, 2.45) is 5.41 Å². The van der Waals surface area contributed by atoms with E-state index >= 15 is 0 Å². The number of carbonyl (C=O) groups is 2. The van der Waals surface area contributed by atoms with Crippen LogP contribution >= 0.6 is 0 Å². The van der Waals surface area contributed by atoms with Gasteiger partial charge < -0.3 is 10.0 Å². The van der Waals surface area contributed by atoms with E-state index in [0.29, 0.717) is 17.5 Å². The highest BCUT2D eigenvalue weighted by Gasteiger charge is 2.44. The fourth-order valence-corrected chi connectivity index (χ4v) is 3.49. The van der Waals surface area contributed by atoms with Gasteiger partial charge in [0.2, 0.25) is 0 Å². The quantitative estimate of drug-likeness (QED) is 0.863. The summed E-state index contributed by atoms with van der Waals surface area (Å²) in [4.78, 5) is 25.5. The number of amides is 1. The van der Waals surface area contributed by atoms with E-state index in [-0.39, 0.29) is 18.8 Å². The Morgan fingerprint density at radius 1 is 1.29 bits per heavy atom. The Hall–Kier alpha value is -2.84. The molecule has 0 saturated carbocycles. The Kier molecular flexibility index (Phi) is 4.95. The summed E-state index contributed by atoms with van der Waals surface area (Å²) in [5.74, 6) is -1.94. The minimum Gasteiger partial charge on any atom is -0.481 e. The third-order valence-electron chi connectivity index (χ3n) is 5.01. The van der Waals surface area contributed by atoms with Gasteiger partial charge in [0.1, 0.15) is 0 Å². The number of piperidine rings is 1. The van der Waals surface area contributed by atoms with Crippen molar-refractivity contribution in [1.29, 1.82) is 0 Å². The van der Waals surface area contributed by atoms with Gasteiger partial charge in [-0.25, -0.2) is 4.68 Å². The van der Waals surface area contributed by atoms with Crippen LogP contribution in [0, 0.1) is 12.3 Å². The number of benzene rings is 1. The SMILES string of the molecule is Cc1cccc(-n2ncc(C(=O)N3CCCC(C)(C(=O)O)C3)c2C(F)(F)F)c1. The molecule has 3 rings (SSSR count). The van der Waals surface area contributed by atoms with Crippen LogP contribution in [0.1, 0.15) is 41.4 Å². The molecule has 1 aliphatic rings. The average Bonchev–Trinajstić information content (AvgIpc) is 3.06. The topological polar surface area (TPSA) is 75.4 Å². The number of halogens is 3. The van der Waals surface area contributed by atoms with Gasteiger partial charge in [-0.05, 0) is 44.4 Å². The van der Waals surface area contributed by atoms with Crippen molar-refractivity contribution in [3.8, 4) is 5.69 Å². The predicted molar refractivity (Wildman–Crippen MR) is 94.2 cm³/mol. The van der Waals surface area contributed by atoms with E-state index in [9.17, 15) is 27.9 Å². The number of carboxylic acids is 1. The second-order valence-corrected chi connectivity index (χ2v) is 7.35. The Morgan fingerprint density at radius 3 is 2.61 bits per heavy atom. The standard InChI is InChI=1S/C19H20F3N3O3/c1-12-5-3-6-13(9-12)25-15(19(20,21)22)14(10-23-25)16(26)24-8-4-7-18(2,11-24)17(27)28/h3,5-6,9-10H,4,7-8,11H2,1-2H3,(H,27,28). The Bertz CT molecular complexity index is 923. The van der Waals surface area contributed by atoms with Crippen LogP contribution in [0.2, 0.25) is 0 Å². The molecule has 1 atom stereocenters. The number of aryl methyl sites for hydroxylation is 1. The van der Waals surface area contributed by atoms with Crippen LogP contribution in [0.4, 0.5) is 13.2 Å². The van der Waals surface area contributed by atoms with E-state index in [1.165, 1.54) is 17.9 Å². The van der Waals surface area contributed by atoms with Crippen LogP contribution in [0.15, 0.2) is 30.5 Å². The molecule has 1 aliphatic heterocycles. The Balaban J connectivity index is 2.03. The Labute approximate surface area is 159 Å². The number of carbonyl (C=O) groups excluding carboxylic acids is 1. The molecule has 1 saturated heterocycles. The minimum absolute atomic E-state index is 0.145. The number of hydrogen-bond acceptors (Lipinski definition) is 3. The molecule has 0 spiro atoms. The van der Waals surface area contributed by atoms with Crippen molar-refractivity contribution in [2.75, 3.05) is 13.1 Å². The van der Waals surface area contributed by atoms with E-state index in [0.717, 1.165) is 11.8 Å². The summed E-state index contributed by atoms with van der Waals surface area (Å²) in [6.07, 6.45) is -3.14. The molecule has 1 amide bonds. The lowest BCUT2D eigenvalue weighted by atomic mass is 9.82. The van der Waals surface area contributed by atoms with Gasteiger partial charge in [-0.1, -0.05) is 12.1 Å². The lowest BCUT2D eigenvalue weighted by molar-refractivity contribution is -0.150. The summed E-state index contributed by atoms with van der Waals surface area (Å²) in [7, 11) is 0. The third kappa shape index (κ3) is 3.61. The van der Waals surface area contributed by atoms with Crippen molar-refractivity contribution >= 4 is 11.9 Å². The molecule has 0 aliphatic carbocycles. The van der Waals surface area contributed by atoms with Crippen molar-refractivity contribution < 1.29 is 27.9 Å². The smallest absolute Gasteiger partial charge is 0.434 e. The molecule has 1 aromatic carbocycles. The van der Waals surface area contributed by atoms with Gasteiger partial charge in [0, 0.05) is 13.1 Å². The summed E-state index contributed by atoms with van der Waals surface area (Å²) in [5.41, 5.74) is -1.98. The molecule has 150 valence electrons. The molecule has 1 unspecified atom stereocenters. The van der Waals surface area contributed by atoms with Crippen molar-refractivity contribution in [1.82, 2.24) is 14.7 Å². The highest BCUT2D eigenvalue weighted by molar-refractivity contribution is 5.96. The fourth-order valence-electron chi connectivity index (χ4n) is 3.49. The van der Waals surface area contributed by atoms with Gasteiger partial charge in [0.15, 0.2) is 5.69 Å². The van der Waals surface area contributed by atoms with E-state index in [4.69, 9.17) is 0 Å². The molecule has 1 fully saturated rings. The second-order valence-electron chi connectivity index (χ2n) is 7.35. The number of nitrogens with zero attached hydrogens (tertiary/aromatic N) is 3. The van der Waals surface area contributed by atoms with Gasteiger partial charge >= 0.3 is 12.1 Å². The monoisotopic (exact) mass is 395 g/mol. The van der Waals surface area contributed by atoms with Crippen molar-refractivity contribution in [2.45, 2.75) is 32.9 Å². The third-order valence-corrected chi connectivity index (χ3v) is 5.01. The van der Waals surface area contributed by atoms with Crippen LogP contribution in [0.5, 0.6) is 0 Å². The van der Waals surface area contributed by atoms with Gasteiger partial charge in [0.05, 0.1) is 22.9 Å². The number of aromatic nitrogens is 2. The van der Waals surface area contributed by atoms with Crippen LogP contribution in [0.3, 0.4) is 0 Å². The van der Waals surface area contributed by atoms with Crippen molar-refractivity contribution in [3.05, 3.63) is 47.3 Å². The number of hydrogen-bond donors (Lipinski definition) is 1. The zero-order valence-corrected chi connectivity index (χ0v) is 15.5. The zero-order chi connectivity index (χ0) is 20.7. The number of carboxylic acid groups (broad SMARTS) is 1. The van der Waals surface area contributed by atoms with Gasteiger partial charge in [-0.2, -0.15) is 18.3 Å². The summed E-state index contributed by atoms with van der Waals surface area (Å²) in [6.45, 7) is 3.30. The molecule has 0 bridgehead atoms. The first-order chi connectivity index (χ1) is 13.0. The van der Waals surface area contributed by atoms with Gasteiger partial charge in [0.25, 0.3) is 5.91 Å². The number of rotatable bonds is 3. The highest BCUT2D eigenvalue weighted by Crippen LogP contribution is 2.36. The minimum atomic E-state index is -4.81. The summed E-state index contributed by atoms with van der Waals surface area (Å²) in [6, 6.07) is 6.37. The molecule has 2 heterocycles. The molecule has 28 heavy (non-hydrogen) atoms. The number of aliphatic carboxylic acids is 1.